The number of ether oxygens (including phenoxy) is 2. The summed E-state index contributed by atoms with van der Waals surface area (Å²) in [7, 11) is 3.15. The molecule has 0 spiro atoms. The lowest BCUT2D eigenvalue weighted by Crippen LogP contribution is -2.19. The average molecular weight is 517 g/mol. The summed E-state index contributed by atoms with van der Waals surface area (Å²) < 4.78 is 12.8. The molecule has 0 saturated carbocycles. The minimum Gasteiger partial charge on any atom is -0.493 e. The number of benzene rings is 2. The highest BCUT2D eigenvalue weighted by atomic mass is 35.5. The van der Waals surface area contributed by atoms with Crippen LogP contribution in [0.5, 0.6) is 11.5 Å². The highest BCUT2D eigenvalue weighted by Crippen LogP contribution is 2.38. The van der Waals surface area contributed by atoms with E-state index in [1.807, 2.05) is 50.2 Å². The zero-order chi connectivity index (χ0) is 25.5. The lowest BCUT2D eigenvalue weighted by atomic mass is 9.96. The zero-order valence-electron chi connectivity index (χ0n) is 20.9. The first-order valence-electron chi connectivity index (χ1n) is 11.6. The van der Waals surface area contributed by atoms with E-state index in [-0.39, 0.29) is 18.4 Å². The molecule has 0 N–H and O–H groups in total. The highest BCUT2D eigenvalue weighted by Gasteiger charge is 2.17. The number of carbonyl (C=O) groups is 1. The first-order chi connectivity index (χ1) is 16.7. The molecular weight excluding hydrogens is 485 g/mol. The molecular formula is C27H32Cl2N3O3. The lowest BCUT2D eigenvalue weighted by Gasteiger charge is -2.16. The molecule has 0 saturated heterocycles. The maximum atomic E-state index is 12.6. The van der Waals surface area contributed by atoms with Gasteiger partial charge in [0.1, 0.15) is 12.4 Å². The third kappa shape index (κ3) is 6.71. The van der Waals surface area contributed by atoms with Crippen LogP contribution in [-0.4, -0.2) is 29.7 Å². The minimum atomic E-state index is -0.127. The van der Waals surface area contributed by atoms with Crippen molar-refractivity contribution in [3.8, 4) is 11.5 Å². The number of methoxy groups -OCH3 is 2. The van der Waals surface area contributed by atoms with Crippen LogP contribution >= 0.6 is 23.2 Å². The summed E-state index contributed by atoms with van der Waals surface area (Å²) >= 11 is 12.9. The Morgan fingerprint density at radius 3 is 2.51 bits per heavy atom. The van der Waals surface area contributed by atoms with E-state index in [2.05, 4.69) is 21.8 Å². The molecule has 8 heteroatoms. The van der Waals surface area contributed by atoms with E-state index in [4.69, 9.17) is 32.7 Å². The second-order valence-electron chi connectivity index (χ2n) is 8.71. The molecule has 2 aromatic carbocycles. The van der Waals surface area contributed by atoms with E-state index in [1.54, 1.807) is 14.2 Å². The Labute approximate surface area is 217 Å². The Bertz CT molecular complexity index is 1180. The number of hydrogen-bond donors (Lipinski definition) is 0. The smallest absolute Gasteiger partial charge is 0.241 e. The van der Waals surface area contributed by atoms with Gasteiger partial charge in [0.2, 0.25) is 5.91 Å². The summed E-state index contributed by atoms with van der Waals surface area (Å²) in [5.74, 6) is 2.01. The third-order valence-corrected chi connectivity index (χ3v) is 6.99. The maximum absolute atomic E-state index is 12.6. The fraction of sp³-hybridized carbons (Fsp3) is 0.407. The second-order valence-corrected chi connectivity index (χ2v) is 9.49. The van der Waals surface area contributed by atoms with Crippen molar-refractivity contribution in [2.24, 2.45) is 5.92 Å². The summed E-state index contributed by atoms with van der Waals surface area (Å²) in [6, 6.07) is 11.5. The van der Waals surface area contributed by atoms with Crippen molar-refractivity contribution < 1.29 is 14.3 Å². The van der Waals surface area contributed by atoms with Crippen LogP contribution in [0, 0.1) is 19.8 Å². The van der Waals surface area contributed by atoms with Gasteiger partial charge in [-0.2, -0.15) is 0 Å². The van der Waals surface area contributed by atoms with Crippen LogP contribution in [0.4, 0.5) is 0 Å². The molecule has 1 heterocycles. The summed E-state index contributed by atoms with van der Waals surface area (Å²) in [6.45, 7) is 6.92. The Morgan fingerprint density at radius 2 is 1.83 bits per heavy atom. The summed E-state index contributed by atoms with van der Waals surface area (Å²) in [5.41, 5.74) is 3.94. The number of carbonyl (C=O) groups excluding carboxylic acids is 1. The van der Waals surface area contributed by atoms with Crippen molar-refractivity contribution in [2.75, 3.05) is 14.2 Å². The fourth-order valence-electron chi connectivity index (χ4n) is 4.02. The van der Waals surface area contributed by atoms with Crippen LogP contribution < -0.4 is 14.8 Å². The van der Waals surface area contributed by atoms with Crippen LogP contribution in [0.3, 0.4) is 0 Å². The molecule has 1 atom stereocenters. The predicted octanol–water partition coefficient (Wildman–Crippen LogP) is 6.16. The van der Waals surface area contributed by atoms with Gasteiger partial charge in [-0.15, -0.1) is 0 Å². The van der Waals surface area contributed by atoms with Gasteiger partial charge >= 0.3 is 0 Å². The molecule has 1 radical (unpaired) electrons. The zero-order valence-corrected chi connectivity index (χ0v) is 22.4. The van der Waals surface area contributed by atoms with Gasteiger partial charge in [0, 0.05) is 17.1 Å². The average Bonchev–Trinajstić information content (AvgIpc) is 3.11. The molecule has 3 rings (SSSR count). The predicted molar refractivity (Wildman–Crippen MR) is 140 cm³/mol. The van der Waals surface area contributed by atoms with Gasteiger partial charge in [0.25, 0.3) is 0 Å². The molecule has 0 fully saturated rings. The molecule has 6 nitrogen and oxygen atoms in total. The largest absolute Gasteiger partial charge is 0.493 e. The normalized spacial score (nSPS) is 11.9. The monoisotopic (exact) mass is 516 g/mol. The van der Waals surface area contributed by atoms with Crippen LogP contribution in [-0.2, 0) is 24.3 Å². The third-order valence-electron chi connectivity index (χ3n) is 6.20. The molecule has 0 aliphatic heterocycles. The van der Waals surface area contributed by atoms with Crippen molar-refractivity contribution in [1.29, 1.82) is 0 Å². The quantitative estimate of drug-likeness (QED) is 0.306. The van der Waals surface area contributed by atoms with E-state index in [1.165, 1.54) is 0 Å². The summed E-state index contributed by atoms with van der Waals surface area (Å²) in [6.07, 6.45) is 1.81. The fourth-order valence-corrected chi connectivity index (χ4v) is 4.53. The van der Waals surface area contributed by atoms with Crippen molar-refractivity contribution >= 4 is 29.1 Å². The number of hydrogen-bond acceptors (Lipinski definition) is 4. The van der Waals surface area contributed by atoms with Gasteiger partial charge in [-0.3, -0.25) is 4.79 Å². The van der Waals surface area contributed by atoms with Crippen LogP contribution in [0.1, 0.15) is 48.1 Å². The number of aryl methyl sites for hydroxylation is 1. The Hall–Kier alpha value is -2.70. The number of rotatable bonds is 11. The van der Waals surface area contributed by atoms with E-state index in [0.717, 1.165) is 34.8 Å². The van der Waals surface area contributed by atoms with Gasteiger partial charge in [0.05, 0.1) is 31.5 Å². The standard InChI is InChI=1S/C27H32Cl2N3O3/c1-17(14-20-11-12-23(34-4)27(35-5)26(20)29)10-13-25(33)30-15-24-31-18(2)19(3)32(24)16-21-8-6-7-9-22(21)28/h6-9,11-12,17H,10,13-16H2,1-5H3. The van der Waals surface area contributed by atoms with Gasteiger partial charge in [-0.05, 0) is 55.9 Å². The number of amides is 1. The van der Waals surface area contributed by atoms with Crippen molar-refractivity contribution in [3.05, 3.63) is 74.8 Å². The first kappa shape index (κ1) is 26.9. The number of halogens is 2. The summed E-state index contributed by atoms with van der Waals surface area (Å²) in [4.78, 5) is 17.2. The highest BCUT2D eigenvalue weighted by molar-refractivity contribution is 6.33. The van der Waals surface area contributed by atoms with Crippen LogP contribution in [0.15, 0.2) is 36.4 Å². The van der Waals surface area contributed by atoms with Gasteiger partial charge in [-0.1, -0.05) is 54.4 Å². The van der Waals surface area contributed by atoms with Gasteiger partial charge < -0.3 is 14.0 Å². The number of nitrogens with zero attached hydrogens (tertiary/aromatic N) is 3. The van der Waals surface area contributed by atoms with Crippen molar-refractivity contribution in [3.63, 3.8) is 0 Å². The topological polar surface area (TPSA) is 67.5 Å². The van der Waals surface area contributed by atoms with Crippen molar-refractivity contribution in [1.82, 2.24) is 14.9 Å². The molecule has 3 aromatic rings. The summed E-state index contributed by atoms with van der Waals surface area (Å²) in [5, 5.41) is 5.56. The van der Waals surface area contributed by atoms with Crippen LogP contribution in [0.2, 0.25) is 10.0 Å². The molecule has 0 aliphatic carbocycles. The maximum Gasteiger partial charge on any atom is 0.241 e. The SMILES string of the molecule is COc1ccc(CC(C)CCC(=O)[N]Cc2nc(C)c(C)n2Cc2ccccc2Cl)c(Cl)c1OC. The Kier molecular flexibility index (Phi) is 9.47. The molecule has 0 bridgehead atoms. The Morgan fingerprint density at radius 1 is 1.09 bits per heavy atom. The number of imidazole rings is 1. The molecule has 1 unspecified atom stereocenters. The van der Waals surface area contributed by atoms with Crippen LogP contribution in [0.25, 0.3) is 0 Å². The lowest BCUT2D eigenvalue weighted by molar-refractivity contribution is -0.121. The molecule has 0 aliphatic rings. The van der Waals surface area contributed by atoms with E-state index >= 15 is 0 Å². The van der Waals surface area contributed by atoms with E-state index in [0.29, 0.717) is 40.9 Å². The molecule has 35 heavy (non-hydrogen) atoms. The molecule has 1 aromatic heterocycles. The number of aromatic nitrogens is 2. The molecule has 187 valence electrons. The second kappa shape index (κ2) is 12.3. The Balaban J connectivity index is 1.56. The van der Waals surface area contributed by atoms with Crippen molar-refractivity contribution in [2.45, 2.75) is 53.1 Å². The van der Waals surface area contributed by atoms with Gasteiger partial charge in [-0.25, -0.2) is 10.3 Å². The van der Waals surface area contributed by atoms with E-state index in [9.17, 15) is 4.79 Å². The first-order valence-corrected chi connectivity index (χ1v) is 12.4. The van der Waals surface area contributed by atoms with Gasteiger partial charge in [0.15, 0.2) is 11.5 Å². The van der Waals surface area contributed by atoms with E-state index < -0.39 is 0 Å². The molecule has 1 amide bonds. The minimum absolute atomic E-state index is 0.127.